The molecule has 3 nitrogen and oxygen atoms in total. The Labute approximate surface area is 466 Å². The minimum absolute atomic E-state index is 0.370. The van der Waals surface area contributed by atoms with E-state index >= 15 is 0 Å². The summed E-state index contributed by atoms with van der Waals surface area (Å²) in [5, 5.41) is 0. The number of para-hydroxylation sites is 4. The highest BCUT2D eigenvalue weighted by molar-refractivity contribution is 5.83. The highest BCUT2D eigenvalue weighted by Crippen LogP contribution is 2.41. The van der Waals surface area contributed by atoms with Gasteiger partial charge in [0.2, 0.25) is 0 Å². The Kier molecular flexibility index (Phi) is 14.8. The van der Waals surface area contributed by atoms with E-state index in [1.807, 2.05) is 0 Å². The molecule has 0 aliphatic carbocycles. The van der Waals surface area contributed by atoms with Gasteiger partial charge in [0.05, 0.1) is 0 Å². The first-order valence-corrected chi connectivity index (χ1v) is 27.4. The van der Waals surface area contributed by atoms with Crippen LogP contribution in [0.3, 0.4) is 0 Å². The van der Waals surface area contributed by atoms with Crippen LogP contribution in [0.25, 0.3) is 33.4 Å². The number of nitrogens with zero attached hydrogens (tertiary/aromatic N) is 3. The molecule has 0 N–H and O–H groups in total. The van der Waals surface area contributed by atoms with Gasteiger partial charge in [0, 0.05) is 51.2 Å². The van der Waals surface area contributed by atoms with Gasteiger partial charge < -0.3 is 14.7 Å². The zero-order valence-electron chi connectivity index (χ0n) is 44.4. The number of hydrogen-bond acceptors (Lipinski definition) is 3. The molecule has 0 spiro atoms. The molecule has 0 aliphatic heterocycles. The van der Waals surface area contributed by atoms with E-state index in [9.17, 15) is 0 Å². The number of anilines is 9. The lowest BCUT2D eigenvalue weighted by atomic mass is 9.79. The summed E-state index contributed by atoms with van der Waals surface area (Å²) in [6.07, 6.45) is 0.973. The molecule has 0 fully saturated rings. The third-order valence-electron chi connectivity index (χ3n) is 15.3. The van der Waals surface area contributed by atoms with Gasteiger partial charge in [-0.05, 0) is 178 Å². The average Bonchev–Trinajstić information content (AvgIpc) is 3.57. The molecule has 3 heteroatoms. The van der Waals surface area contributed by atoms with Crippen molar-refractivity contribution in [1.29, 1.82) is 0 Å². The SMILES string of the molecule is CC(c1ccccc1)C(Cc1ccc(-c2ccc(N(c3ccccc3)c3ccc(-c4ccc(N(c5ccccc5)c5ccc(-c6ccc(N(c7ccccc7)c7ccccc7)cc6)cc5)cc4)cc3)cc2)cc1)c1ccccc1. The molecule has 0 aromatic heterocycles. The molecule has 380 valence electrons. The van der Waals surface area contributed by atoms with E-state index in [0.29, 0.717) is 11.8 Å². The van der Waals surface area contributed by atoms with Crippen molar-refractivity contribution in [2.24, 2.45) is 0 Å². The maximum Gasteiger partial charge on any atom is 0.0462 e. The predicted octanol–water partition coefficient (Wildman–Crippen LogP) is 21.2. The lowest BCUT2D eigenvalue weighted by Crippen LogP contribution is -2.11. The second-order valence-corrected chi connectivity index (χ2v) is 20.2. The zero-order valence-corrected chi connectivity index (χ0v) is 44.4. The Bertz CT molecular complexity index is 3760. The average molecular weight is 1020 g/mol. The molecular weight excluding hydrogens is 955 g/mol. The van der Waals surface area contributed by atoms with E-state index < -0.39 is 0 Å². The van der Waals surface area contributed by atoms with E-state index in [1.165, 1.54) is 27.8 Å². The summed E-state index contributed by atoms with van der Waals surface area (Å²) < 4.78 is 0. The largest absolute Gasteiger partial charge is 0.311 e. The van der Waals surface area contributed by atoms with Crippen molar-refractivity contribution in [2.75, 3.05) is 14.7 Å². The Hall–Kier alpha value is -9.96. The van der Waals surface area contributed by atoms with E-state index in [-0.39, 0.29) is 0 Å². The van der Waals surface area contributed by atoms with Gasteiger partial charge in [0.25, 0.3) is 0 Å². The first-order chi connectivity index (χ1) is 39.1. The molecule has 0 heterocycles. The van der Waals surface area contributed by atoms with Crippen LogP contribution in [0.5, 0.6) is 0 Å². The second-order valence-electron chi connectivity index (χ2n) is 20.2. The molecule has 2 unspecified atom stereocenters. The normalized spacial score (nSPS) is 11.8. The molecule has 0 saturated carbocycles. The molecule has 12 rings (SSSR count). The molecule has 12 aromatic carbocycles. The molecule has 0 radical (unpaired) electrons. The predicted molar refractivity (Wildman–Crippen MR) is 335 cm³/mol. The quantitative estimate of drug-likeness (QED) is 0.0900. The molecule has 0 amide bonds. The van der Waals surface area contributed by atoms with Gasteiger partial charge in [-0.2, -0.15) is 0 Å². The van der Waals surface area contributed by atoms with Crippen LogP contribution in [-0.4, -0.2) is 0 Å². The fraction of sp³-hybridized carbons (Fsp3) is 0.0526. The minimum atomic E-state index is 0.370. The number of hydrogen-bond donors (Lipinski definition) is 0. The maximum atomic E-state index is 2.36. The van der Waals surface area contributed by atoms with Crippen molar-refractivity contribution in [3.05, 3.63) is 344 Å². The minimum Gasteiger partial charge on any atom is -0.311 e. The topological polar surface area (TPSA) is 9.72 Å². The van der Waals surface area contributed by atoms with Gasteiger partial charge in [-0.1, -0.05) is 225 Å². The summed E-state index contributed by atoms with van der Waals surface area (Å²) in [6.45, 7) is 2.36. The van der Waals surface area contributed by atoms with Crippen molar-refractivity contribution in [3.8, 4) is 33.4 Å². The highest BCUT2D eigenvalue weighted by Gasteiger charge is 2.22. The van der Waals surface area contributed by atoms with E-state index in [2.05, 4.69) is 349 Å². The molecule has 0 saturated heterocycles. The van der Waals surface area contributed by atoms with Crippen LogP contribution in [0.2, 0.25) is 0 Å². The van der Waals surface area contributed by atoms with E-state index in [4.69, 9.17) is 0 Å². The van der Waals surface area contributed by atoms with Crippen molar-refractivity contribution < 1.29 is 0 Å². The molecule has 79 heavy (non-hydrogen) atoms. The van der Waals surface area contributed by atoms with Crippen LogP contribution in [0.1, 0.15) is 35.4 Å². The molecule has 0 aliphatic rings. The van der Waals surface area contributed by atoms with Gasteiger partial charge in [0.1, 0.15) is 0 Å². The standard InChI is InChI=1S/C76H61N3/c1-57(59-20-8-2-9-21-59)76(66-22-10-3-11-23-66)56-58-32-34-60(35-33-58)61-36-48-72(49-37-61)78(69-28-16-6-17-29-69)73-52-42-64(43-53-73)65-44-54-75(55-45-65)79(70-30-18-7-19-31-70)74-50-40-63(41-51-74)62-38-46-71(47-39-62)77(67-24-12-4-13-25-67)68-26-14-5-15-27-68/h2-55,57,76H,56H2,1H3. The lowest BCUT2D eigenvalue weighted by molar-refractivity contribution is 0.572. The Morgan fingerprint density at radius 3 is 0.671 bits per heavy atom. The zero-order chi connectivity index (χ0) is 53.2. The fourth-order valence-corrected chi connectivity index (χ4v) is 11.0. The molecule has 2 atom stereocenters. The fourth-order valence-electron chi connectivity index (χ4n) is 11.0. The Balaban J connectivity index is 0.756. The first-order valence-electron chi connectivity index (χ1n) is 27.4. The van der Waals surface area contributed by atoms with Crippen LogP contribution in [0.15, 0.2) is 328 Å². The van der Waals surface area contributed by atoms with Crippen molar-refractivity contribution >= 4 is 51.2 Å². The summed E-state index contributed by atoms with van der Waals surface area (Å²) in [4.78, 5) is 6.95. The maximum absolute atomic E-state index is 2.36. The van der Waals surface area contributed by atoms with Crippen LogP contribution < -0.4 is 14.7 Å². The third kappa shape index (κ3) is 11.3. The van der Waals surface area contributed by atoms with Gasteiger partial charge in [0.15, 0.2) is 0 Å². The molecule has 0 bridgehead atoms. The molecule has 12 aromatic rings. The summed E-state index contributed by atoms with van der Waals surface area (Å²) in [5.41, 5.74) is 21.1. The highest BCUT2D eigenvalue weighted by atomic mass is 15.2. The number of benzene rings is 12. The second kappa shape index (κ2) is 23.5. The first kappa shape index (κ1) is 49.9. The summed E-state index contributed by atoms with van der Waals surface area (Å²) >= 11 is 0. The number of rotatable bonds is 17. The van der Waals surface area contributed by atoms with Crippen LogP contribution >= 0.6 is 0 Å². The molecular formula is C76H61N3. The van der Waals surface area contributed by atoms with Crippen LogP contribution in [0.4, 0.5) is 51.2 Å². The van der Waals surface area contributed by atoms with E-state index in [0.717, 1.165) is 79.9 Å². The van der Waals surface area contributed by atoms with Crippen LogP contribution in [0, 0.1) is 0 Å². The summed E-state index contributed by atoms with van der Waals surface area (Å²) in [7, 11) is 0. The van der Waals surface area contributed by atoms with Crippen molar-refractivity contribution in [2.45, 2.75) is 25.2 Å². The lowest BCUT2D eigenvalue weighted by Gasteiger charge is -2.26. The van der Waals surface area contributed by atoms with E-state index in [1.54, 1.807) is 0 Å². The van der Waals surface area contributed by atoms with Crippen molar-refractivity contribution in [3.63, 3.8) is 0 Å². The Morgan fingerprint density at radius 2 is 0.418 bits per heavy atom. The Morgan fingerprint density at radius 1 is 0.215 bits per heavy atom. The van der Waals surface area contributed by atoms with Gasteiger partial charge >= 0.3 is 0 Å². The monoisotopic (exact) mass is 1020 g/mol. The third-order valence-corrected chi connectivity index (χ3v) is 15.3. The van der Waals surface area contributed by atoms with Crippen molar-refractivity contribution in [1.82, 2.24) is 0 Å². The van der Waals surface area contributed by atoms with Gasteiger partial charge in [-0.15, -0.1) is 0 Å². The van der Waals surface area contributed by atoms with Gasteiger partial charge in [-0.3, -0.25) is 0 Å². The van der Waals surface area contributed by atoms with Gasteiger partial charge in [-0.25, -0.2) is 0 Å². The summed E-state index contributed by atoms with van der Waals surface area (Å²) in [5.74, 6) is 0.755. The van der Waals surface area contributed by atoms with Crippen LogP contribution in [-0.2, 0) is 6.42 Å². The smallest absolute Gasteiger partial charge is 0.0462 e. The summed E-state index contributed by atoms with van der Waals surface area (Å²) in [6, 6.07) is 118.